The number of ether oxygens (including phenoxy) is 1. The first-order chi connectivity index (χ1) is 13.0. The highest BCUT2D eigenvalue weighted by Crippen LogP contribution is 2.28. The Kier molecular flexibility index (Phi) is 11.2. The zero-order valence-electron chi connectivity index (χ0n) is 16.9. The molecule has 1 aliphatic carbocycles. The van der Waals surface area contributed by atoms with E-state index < -0.39 is 6.10 Å². The van der Waals surface area contributed by atoms with Crippen LogP contribution in [0.4, 0.5) is 0 Å². The number of amides is 1. The molecule has 1 saturated carbocycles. The van der Waals surface area contributed by atoms with Gasteiger partial charge in [-0.15, -0.1) is 24.0 Å². The van der Waals surface area contributed by atoms with E-state index in [1.807, 2.05) is 45.0 Å². The average Bonchev–Trinajstić information content (AvgIpc) is 3.48. The van der Waals surface area contributed by atoms with Gasteiger partial charge < -0.3 is 25.8 Å². The lowest BCUT2D eigenvalue weighted by Gasteiger charge is -2.14. The first-order valence-electron chi connectivity index (χ1n) is 9.74. The molecule has 1 fully saturated rings. The van der Waals surface area contributed by atoms with Crippen LogP contribution in [0.25, 0.3) is 0 Å². The SMILES string of the molecule is CCNC(=NCC(O)c1ccc(OC(C)C)cc1)NCCNC(=O)C1CC1.I. The monoisotopic (exact) mass is 504 g/mol. The lowest BCUT2D eigenvalue weighted by molar-refractivity contribution is -0.122. The highest BCUT2D eigenvalue weighted by Gasteiger charge is 2.28. The van der Waals surface area contributed by atoms with Gasteiger partial charge in [-0.05, 0) is 51.3 Å². The highest BCUT2D eigenvalue weighted by molar-refractivity contribution is 14.0. The van der Waals surface area contributed by atoms with Crippen LogP contribution in [0.15, 0.2) is 29.3 Å². The van der Waals surface area contributed by atoms with Gasteiger partial charge >= 0.3 is 0 Å². The summed E-state index contributed by atoms with van der Waals surface area (Å²) in [6, 6.07) is 7.42. The van der Waals surface area contributed by atoms with Crippen molar-refractivity contribution in [2.45, 2.75) is 45.8 Å². The van der Waals surface area contributed by atoms with Gasteiger partial charge in [-0.3, -0.25) is 9.79 Å². The second kappa shape index (κ2) is 12.8. The standard InChI is InChI=1S/C20H32N4O3.HI/c1-4-21-20(23-12-11-22-19(26)16-5-6-16)24-13-18(25)15-7-9-17(10-8-15)27-14(2)3;/h7-10,14,16,18,25H,4-6,11-13H2,1-3H3,(H,22,26)(H2,21,23,24);1H. The first kappa shape index (κ1) is 24.5. The molecule has 1 aromatic rings. The summed E-state index contributed by atoms with van der Waals surface area (Å²) in [5.74, 6) is 1.77. The molecule has 28 heavy (non-hydrogen) atoms. The Hall–Kier alpha value is -1.55. The normalized spacial score (nSPS) is 14.8. The first-order valence-corrected chi connectivity index (χ1v) is 9.74. The van der Waals surface area contributed by atoms with Crippen LogP contribution < -0.4 is 20.7 Å². The van der Waals surface area contributed by atoms with Crippen molar-refractivity contribution in [3.63, 3.8) is 0 Å². The Bertz CT molecular complexity index is 618. The predicted octanol–water partition coefficient (Wildman–Crippen LogP) is 2.21. The quantitative estimate of drug-likeness (QED) is 0.170. The van der Waals surface area contributed by atoms with Crippen LogP contribution in [0.2, 0.25) is 0 Å². The number of aliphatic imine (C=N–C) groups is 1. The molecule has 0 aromatic heterocycles. The molecule has 7 nitrogen and oxygen atoms in total. The fraction of sp³-hybridized carbons (Fsp3) is 0.600. The van der Waals surface area contributed by atoms with Crippen molar-refractivity contribution in [2.24, 2.45) is 10.9 Å². The topological polar surface area (TPSA) is 95.0 Å². The lowest BCUT2D eigenvalue weighted by atomic mass is 10.1. The van der Waals surface area contributed by atoms with Crippen LogP contribution in [0, 0.1) is 5.92 Å². The number of benzene rings is 1. The molecule has 1 unspecified atom stereocenters. The van der Waals surface area contributed by atoms with Gasteiger partial charge in [0.1, 0.15) is 5.75 Å². The summed E-state index contributed by atoms with van der Waals surface area (Å²) in [6.45, 7) is 8.04. The fourth-order valence-corrected chi connectivity index (χ4v) is 2.52. The number of nitrogens with one attached hydrogen (secondary N) is 3. The van der Waals surface area contributed by atoms with E-state index in [0.29, 0.717) is 19.0 Å². The van der Waals surface area contributed by atoms with Gasteiger partial charge in [0.25, 0.3) is 0 Å². The number of carbonyl (C=O) groups is 1. The number of nitrogens with zero attached hydrogens (tertiary/aromatic N) is 1. The Morgan fingerprint density at radius 1 is 1.18 bits per heavy atom. The minimum Gasteiger partial charge on any atom is -0.491 e. The van der Waals surface area contributed by atoms with Gasteiger partial charge in [-0.1, -0.05) is 12.1 Å². The van der Waals surface area contributed by atoms with Gasteiger partial charge in [0.2, 0.25) is 5.91 Å². The van der Waals surface area contributed by atoms with Crippen LogP contribution >= 0.6 is 24.0 Å². The number of aliphatic hydroxyl groups is 1. The van der Waals surface area contributed by atoms with Crippen LogP contribution in [-0.4, -0.2) is 49.3 Å². The molecule has 1 aromatic carbocycles. The summed E-state index contributed by atoms with van der Waals surface area (Å²) >= 11 is 0. The average molecular weight is 504 g/mol. The number of hydrogen-bond donors (Lipinski definition) is 4. The van der Waals surface area contributed by atoms with Gasteiger partial charge in [0.05, 0.1) is 18.8 Å². The number of halogens is 1. The maximum absolute atomic E-state index is 11.6. The van der Waals surface area contributed by atoms with Crippen molar-refractivity contribution in [1.82, 2.24) is 16.0 Å². The minimum atomic E-state index is -0.692. The van der Waals surface area contributed by atoms with E-state index in [1.54, 1.807) is 0 Å². The largest absolute Gasteiger partial charge is 0.491 e. The van der Waals surface area contributed by atoms with E-state index in [0.717, 1.165) is 30.7 Å². The summed E-state index contributed by atoms with van der Waals surface area (Å²) in [5.41, 5.74) is 0.794. The van der Waals surface area contributed by atoms with Gasteiger partial charge in [-0.25, -0.2) is 0 Å². The van der Waals surface area contributed by atoms with Crippen molar-refractivity contribution in [1.29, 1.82) is 0 Å². The zero-order chi connectivity index (χ0) is 19.6. The van der Waals surface area contributed by atoms with Crippen LogP contribution in [0.5, 0.6) is 5.75 Å². The van der Waals surface area contributed by atoms with Crippen molar-refractivity contribution < 1.29 is 14.6 Å². The van der Waals surface area contributed by atoms with Crippen LogP contribution in [0.3, 0.4) is 0 Å². The molecule has 1 amide bonds. The molecule has 0 bridgehead atoms. The van der Waals surface area contributed by atoms with Gasteiger partial charge in [0.15, 0.2) is 5.96 Å². The van der Waals surface area contributed by atoms with Gasteiger partial charge in [0, 0.05) is 25.6 Å². The molecule has 2 rings (SSSR count). The molecule has 8 heteroatoms. The molecule has 158 valence electrons. The Morgan fingerprint density at radius 3 is 2.39 bits per heavy atom. The lowest BCUT2D eigenvalue weighted by Crippen LogP contribution is -2.42. The van der Waals surface area contributed by atoms with E-state index in [1.165, 1.54) is 0 Å². The third kappa shape index (κ3) is 9.09. The summed E-state index contributed by atoms with van der Waals surface area (Å²) in [6.07, 6.45) is 1.44. The molecule has 0 heterocycles. The molecule has 0 saturated heterocycles. The van der Waals surface area contributed by atoms with E-state index in [2.05, 4.69) is 20.9 Å². The molecule has 1 aliphatic rings. The van der Waals surface area contributed by atoms with Crippen molar-refractivity contribution in [3.05, 3.63) is 29.8 Å². The molecule has 4 N–H and O–H groups in total. The second-order valence-corrected chi connectivity index (χ2v) is 6.96. The Balaban J connectivity index is 0.00000392. The van der Waals surface area contributed by atoms with Gasteiger partial charge in [-0.2, -0.15) is 0 Å². The number of rotatable bonds is 10. The smallest absolute Gasteiger partial charge is 0.223 e. The number of hydrogen-bond acceptors (Lipinski definition) is 4. The predicted molar refractivity (Wildman–Crippen MR) is 122 cm³/mol. The number of carbonyl (C=O) groups excluding carboxylic acids is 1. The summed E-state index contributed by atoms with van der Waals surface area (Å²) in [4.78, 5) is 16.0. The Labute approximate surface area is 184 Å². The Morgan fingerprint density at radius 2 is 1.82 bits per heavy atom. The van der Waals surface area contributed by atoms with E-state index >= 15 is 0 Å². The highest BCUT2D eigenvalue weighted by atomic mass is 127. The summed E-state index contributed by atoms with van der Waals surface area (Å²) in [7, 11) is 0. The molecule has 1 atom stereocenters. The summed E-state index contributed by atoms with van der Waals surface area (Å²) in [5, 5.41) is 19.6. The zero-order valence-corrected chi connectivity index (χ0v) is 19.2. The molecular formula is C20H33IN4O3. The second-order valence-electron chi connectivity index (χ2n) is 6.96. The van der Waals surface area contributed by atoms with Crippen molar-refractivity contribution >= 4 is 35.8 Å². The maximum atomic E-state index is 11.6. The van der Waals surface area contributed by atoms with Crippen molar-refractivity contribution in [3.8, 4) is 5.75 Å². The molecule has 0 aliphatic heterocycles. The minimum absolute atomic E-state index is 0. The fourth-order valence-electron chi connectivity index (χ4n) is 2.52. The molecule has 0 radical (unpaired) electrons. The van der Waals surface area contributed by atoms with Crippen molar-refractivity contribution in [2.75, 3.05) is 26.2 Å². The van der Waals surface area contributed by atoms with E-state index in [9.17, 15) is 9.90 Å². The number of guanidine groups is 1. The number of aliphatic hydroxyl groups excluding tert-OH is 1. The maximum Gasteiger partial charge on any atom is 0.223 e. The molecule has 0 spiro atoms. The van der Waals surface area contributed by atoms with E-state index in [4.69, 9.17) is 4.74 Å². The molecular weight excluding hydrogens is 471 g/mol. The van der Waals surface area contributed by atoms with Crippen LogP contribution in [0.1, 0.15) is 45.3 Å². The van der Waals surface area contributed by atoms with E-state index in [-0.39, 0.29) is 48.5 Å². The third-order valence-electron chi connectivity index (χ3n) is 4.07. The third-order valence-corrected chi connectivity index (χ3v) is 4.07. The summed E-state index contributed by atoms with van der Waals surface area (Å²) < 4.78 is 5.61. The van der Waals surface area contributed by atoms with Crippen LogP contribution in [-0.2, 0) is 4.79 Å².